The molecule has 2 atom stereocenters. The fraction of sp³-hybridized carbons (Fsp3) is 0.556. The van der Waals surface area contributed by atoms with Gasteiger partial charge in [0, 0.05) is 25.5 Å². The van der Waals surface area contributed by atoms with Crippen LogP contribution in [0.15, 0.2) is 35.5 Å². The maximum absolute atomic E-state index is 12.1. The Kier molecular flexibility index (Phi) is 6.07. The highest BCUT2D eigenvalue weighted by Crippen LogP contribution is 2.17. The smallest absolute Gasteiger partial charge is 0.269 e. The van der Waals surface area contributed by atoms with Gasteiger partial charge < -0.3 is 19.6 Å². The van der Waals surface area contributed by atoms with Crippen molar-refractivity contribution in [3.63, 3.8) is 0 Å². The van der Waals surface area contributed by atoms with Gasteiger partial charge in [0.05, 0.1) is 13.2 Å². The van der Waals surface area contributed by atoms with Crippen LogP contribution in [0.2, 0.25) is 0 Å². The fourth-order valence-electron chi connectivity index (χ4n) is 2.82. The second-order valence-corrected chi connectivity index (χ2v) is 6.21. The van der Waals surface area contributed by atoms with Gasteiger partial charge >= 0.3 is 0 Å². The van der Waals surface area contributed by atoms with Crippen molar-refractivity contribution in [2.24, 2.45) is 11.1 Å². The van der Waals surface area contributed by atoms with Crippen molar-refractivity contribution in [2.45, 2.75) is 31.8 Å². The summed E-state index contributed by atoms with van der Waals surface area (Å²) in [4.78, 5) is 17.4. The lowest BCUT2D eigenvalue weighted by Gasteiger charge is -2.10. The lowest BCUT2D eigenvalue weighted by atomic mass is 10.1. The fourth-order valence-corrected chi connectivity index (χ4v) is 2.82. The average molecular weight is 332 g/mol. The van der Waals surface area contributed by atoms with E-state index in [-0.39, 0.29) is 12.0 Å². The molecule has 0 saturated carbocycles. The SMILES string of the molecule is O=C(NCC1CCOC1)C1=NOC(CCCOc2ccccc2)C1. The summed E-state index contributed by atoms with van der Waals surface area (Å²) < 4.78 is 11.0. The average Bonchev–Trinajstić information content (AvgIpc) is 3.29. The molecule has 3 rings (SSSR count). The second-order valence-electron chi connectivity index (χ2n) is 6.21. The van der Waals surface area contributed by atoms with Gasteiger partial charge in [0.25, 0.3) is 5.91 Å². The van der Waals surface area contributed by atoms with Gasteiger partial charge in [-0.1, -0.05) is 23.4 Å². The number of hydrogen-bond acceptors (Lipinski definition) is 5. The number of ether oxygens (including phenoxy) is 2. The summed E-state index contributed by atoms with van der Waals surface area (Å²) in [5, 5.41) is 6.85. The van der Waals surface area contributed by atoms with E-state index < -0.39 is 0 Å². The Morgan fingerprint density at radius 2 is 2.21 bits per heavy atom. The number of hydrogen-bond donors (Lipinski definition) is 1. The highest BCUT2D eigenvalue weighted by atomic mass is 16.6. The van der Waals surface area contributed by atoms with E-state index in [2.05, 4.69) is 10.5 Å². The number of rotatable bonds is 8. The maximum Gasteiger partial charge on any atom is 0.269 e. The first-order chi connectivity index (χ1) is 11.8. The quantitative estimate of drug-likeness (QED) is 0.741. The molecular formula is C18H24N2O4. The summed E-state index contributed by atoms with van der Waals surface area (Å²) in [6, 6.07) is 9.74. The Morgan fingerprint density at radius 1 is 1.33 bits per heavy atom. The van der Waals surface area contributed by atoms with E-state index in [1.54, 1.807) is 0 Å². The standard InChI is InChI=1S/C18H24N2O4/c21-18(19-12-14-8-10-22-13-14)17-11-16(24-20-17)7-4-9-23-15-5-2-1-3-6-15/h1-3,5-6,14,16H,4,7-13H2,(H,19,21). The molecule has 6 heteroatoms. The third-order valence-corrected chi connectivity index (χ3v) is 4.25. The second kappa shape index (κ2) is 8.68. The van der Waals surface area contributed by atoms with Crippen LogP contribution in [-0.2, 0) is 14.4 Å². The summed E-state index contributed by atoms with van der Waals surface area (Å²) in [5.74, 6) is 1.17. The van der Waals surface area contributed by atoms with Crippen LogP contribution in [0.5, 0.6) is 5.75 Å². The predicted octanol–water partition coefficient (Wildman–Crippen LogP) is 2.14. The number of benzene rings is 1. The van der Waals surface area contributed by atoms with E-state index in [1.165, 1.54) is 0 Å². The van der Waals surface area contributed by atoms with Gasteiger partial charge in [-0.2, -0.15) is 0 Å². The Bertz CT molecular complexity index is 555. The number of carbonyl (C=O) groups is 1. The topological polar surface area (TPSA) is 69.2 Å². The highest BCUT2D eigenvalue weighted by Gasteiger charge is 2.26. The first kappa shape index (κ1) is 16.8. The van der Waals surface area contributed by atoms with E-state index in [0.717, 1.165) is 38.2 Å². The molecular weight excluding hydrogens is 308 g/mol. The Balaban J connectivity index is 1.29. The van der Waals surface area contributed by atoms with Crippen molar-refractivity contribution in [1.82, 2.24) is 5.32 Å². The van der Waals surface area contributed by atoms with Gasteiger partial charge in [-0.25, -0.2) is 0 Å². The Hall–Kier alpha value is -2.08. The molecule has 0 aliphatic carbocycles. The van der Waals surface area contributed by atoms with Crippen molar-refractivity contribution >= 4 is 11.6 Å². The zero-order chi connectivity index (χ0) is 16.6. The summed E-state index contributed by atoms with van der Waals surface area (Å²) >= 11 is 0. The molecule has 0 spiro atoms. The van der Waals surface area contributed by atoms with Crippen LogP contribution in [0, 0.1) is 5.92 Å². The van der Waals surface area contributed by atoms with Crippen molar-refractivity contribution in [2.75, 3.05) is 26.4 Å². The van der Waals surface area contributed by atoms with Crippen LogP contribution in [0.1, 0.15) is 25.7 Å². The number of amides is 1. The summed E-state index contributed by atoms with van der Waals surface area (Å²) in [7, 11) is 0. The minimum absolute atomic E-state index is 0.0278. The van der Waals surface area contributed by atoms with Gasteiger partial charge in [-0.3, -0.25) is 4.79 Å². The molecule has 1 fully saturated rings. The van der Waals surface area contributed by atoms with Crippen molar-refractivity contribution in [3.05, 3.63) is 30.3 Å². The van der Waals surface area contributed by atoms with E-state index in [1.807, 2.05) is 30.3 Å². The van der Waals surface area contributed by atoms with Crippen LogP contribution < -0.4 is 10.1 Å². The monoisotopic (exact) mass is 332 g/mol. The molecule has 1 aromatic carbocycles. The minimum Gasteiger partial charge on any atom is -0.494 e. The first-order valence-electron chi connectivity index (χ1n) is 8.58. The van der Waals surface area contributed by atoms with Crippen molar-refractivity contribution in [3.8, 4) is 5.75 Å². The zero-order valence-electron chi connectivity index (χ0n) is 13.8. The number of carbonyl (C=O) groups excluding carboxylic acids is 1. The number of oxime groups is 1. The van der Waals surface area contributed by atoms with Crippen LogP contribution in [0.25, 0.3) is 0 Å². The zero-order valence-corrected chi connectivity index (χ0v) is 13.8. The molecule has 2 aliphatic heterocycles. The Labute approximate surface area is 142 Å². The lowest BCUT2D eigenvalue weighted by Crippen LogP contribution is -2.34. The van der Waals surface area contributed by atoms with E-state index in [4.69, 9.17) is 14.3 Å². The molecule has 1 amide bonds. The van der Waals surface area contributed by atoms with Gasteiger partial charge in [0.2, 0.25) is 0 Å². The molecule has 24 heavy (non-hydrogen) atoms. The summed E-state index contributed by atoms with van der Waals surface area (Å²) in [6.07, 6.45) is 3.23. The van der Waals surface area contributed by atoms with Gasteiger partial charge in [-0.05, 0) is 31.4 Å². The maximum atomic E-state index is 12.1. The molecule has 1 saturated heterocycles. The molecule has 130 valence electrons. The van der Waals surface area contributed by atoms with Crippen molar-refractivity contribution < 1.29 is 19.1 Å². The molecule has 0 aromatic heterocycles. The van der Waals surface area contributed by atoms with E-state index in [9.17, 15) is 4.79 Å². The van der Waals surface area contributed by atoms with Crippen LogP contribution in [-0.4, -0.2) is 44.1 Å². The molecule has 2 unspecified atom stereocenters. The molecule has 0 bridgehead atoms. The van der Waals surface area contributed by atoms with Crippen LogP contribution >= 0.6 is 0 Å². The largest absolute Gasteiger partial charge is 0.494 e. The Morgan fingerprint density at radius 3 is 3.00 bits per heavy atom. The highest BCUT2D eigenvalue weighted by molar-refractivity contribution is 6.39. The third kappa shape index (κ3) is 4.96. The molecule has 1 N–H and O–H groups in total. The van der Waals surface area contributed by atoms with Crippen molar-refractivity contribution in [1.29, 1.82) is 0 Å². The predicted molar refractivity (Wildman–Crippen MR) is 90.0 cm³/mol. The van der Waals surface area contributed by atoms with E-state index in [0.29, 0.717) is 31.2 Å². The lowest BCUT2D eigenvalue weighted by molar-refractivity contribution is -0.115. The number of para-hydroxylation sites is 1. The van der Waals surface area contributed by atoms with E-state index >= 15 is 0 Å². The summed E-state index contributed by atoms with van der Waals surface area (Å²) in [6.45, 7) is 2.80. The molecule has 2 aliphatic rings. The number of nitrogens with one attached hydrogen (secondary N) is 1. The first-order valence-corrected chi connectivity index (χ1v) is 8.58. The van der Waals surface area contributed by atoms with Gasteiger partial charge in [0.1, 0.15) is 17.6 Å². The third-order valence-electron chi connectivity index (χ3n) is 4.25. The number of nitrogens with zero attached hydrogens (tertiary/aromatic N) is 1. The minimum atomic E-state index is -0.120. The molecule has 6 nitrogen and oxygen atoms in total. The van der Waals surface area contributed by atoms with Crippen LogP contribution in [0.4, 0.5) is 0 Å². The molecule has 0 radical (unpaired) electrons. The summed E-state index contributed by atoms with van der Waals surface area (Å²) in [5.41, 5.74) is 0.489. The van der Waals surface area contributed by atoms with Gasteiger partial charge in [-0.15, -0.1) is 0 Å². The molecule has 2 heterocycles. The normalized spacial score (nSPS) is 22.8. The van der Waals surface area contributed by atoms with Gasteiger partial charge in [0.15, 0.2) is 0 Å². The molecule has 1 aromatic rings. The van der Waals surface area contributed by atoms with Crippen LogP contribution in [0.3, 0.4) is 0 Å².